The SMILES string of the molecule is CCN(CC)C(=O)C1CCCN(C(=S)Nc2cccc(C#N)c2)C1. The quantitative estimate of drug-likeness (QED) is 0.851. The molecule has 2 rings (SSSR count). The molecule has 0 saturated carbocycles. The third-order valence-electron chi connectivity index (χ3n) is 4.38. The van der Waals surface area contributed by atoms with Gasteiger partial charge in [0.2, 0.25) is 5.91 Å². The fraction of sp³-hybridized carbons (Fsp3) is 0.500. The number of nitrogens with one attached hydrogen (secondary N) is 1. The lowest BCUT2D eigenvalue weighted by atomic mass is 9.96. The van der Waals surface area contributed by atoms with E-state index in [-0.39, 0.29) is 11.8 Å². The molecule has 0 aliphatic carbocycles. The number of amides is 1. The highest BCUT2D eigenvalue weighted by Gasteiger charge is 2.29. The Balaban J connectivity index is 1.99. The van der Waals surface area contributed by atoms with Gasteiger partial charge < -0.3 is 15.1 Å². The van der Waals surface area contributed by atoms with Crippen molar-refractivity contribution in [1.29, 1.82) is 5.26 Å². The van der Waals surface area contributed by atoms with Gasteiger partial charge in [-0.2, -0.15) is 5.26 Å². The lowest BCUT2D eigenvalue weighted by Gasteiger charge is -2.36. The molecule has 0 radical (unpaired) electrons. The standard InChI is InChI=1S/C18H24N4OS/c1-3-21(4-2)17(23)15-8-6-10-22(13-15)18(24)20-16-9-5-7-14(11-16)12-19/h5,7,9,11,15H,3-4,6,8,10,13H2,1-2H3,(H,20,24). The highest BCUT2D eigenvalue weighted by Crippen LogP contribution is 2.20. The predicted molar refractivity (Wildman–Crippen MR) is 99.6 cm³/mol. The summed E-state index contributed by atoms with van der Waals surface area (Å²) in [4.78, 5) is 16.5. The number of carbonyl (C=O) groups excluding carboxylic acids is 1. The molecule has 0 aromatic heterocycles. The first-order valence-corrected chi connectivity index (χ1v) is 8.84. The summed E-state index contributed by atoms with van der Waals surface area (Å²) in [6.45, 7) is 7.02. The van der Waals surface area contributed by atoms with E-state index in [0.717, 1.165) is 38.2 Å². The van der Waals surface area contributed by atoms with Crippen molar-refractivity contribution in [3.63, 3.8) is 0 Å². The lowest BCUT2D eigenvalue weighted by Crippen LogP contribution is -2.47. The van der Waals surface area contributed by atoms with Gasteiger partial charge in [0.25, 0.3) is 0 Å². The number of anilines is 1. The third kappa shape index (κ3) is 4.45. The topological polar surface area (TPSA) is 59.4 Å². The van der Waals surface area contributed by atoms with E-state index in [4.69, 9.17) is 17.5 Å². The molecule has 1 unspecified atom stereocenters. The number of nitrogens with zero attached hydrogens (tertiary/aromatic N) is 3. The molecule has 1 amide bonds. The third-order valence-corrected chi connectivity index (χ3v) is 4.74. The van der Waals surface area contributed by atoms with Gasteiger partial charge in [-0.1, -0.05) is 6.07 Å². The number of rotatable bonds is 4. The maximum absolute atomic E-state index is 12.6. The molecular formula is C18H24N4OS. The molecule has 1 heterocycles. The summed E-state index contributed by atoms with van der Waals surface area (Å²) in [6, 6.07) is 9.36. The first-order valence-electron chi connectivity index (χ1n) is 8.43. The van der Waals surface area contributed by atoms with Crippen LogP contribution in [0, 0.1) is 17.2 Å². The molecule has 6 heteroatoms. The molecule has 128 valence electrons. The van der Waals surface area contributed by atoms with Gasteiger partial charge in [-0.25, -0.2) is 0 Å². The number of carbonyl (C=O) groups is 1. The molecule has 1 aliphatic heterocycles. The Morgan fingerprint density at radius 1 is 1.46 bits per heavy atom. The predicted octanol–water partition coefficient (Wildman–Crippen LogP) is 2.84. The van der Waals surface area contributed by atoms with Crippen molar-refractivity contribution in [3.8, 4) is 6.07 Å². The maximum atomic E-state index is 12.6. The van der Waals surface area contributed by atoms with Crippen molar-refractivity contribution in [2.45, 2.75) is 26.7 Å². The van der Waals surface area contributed by atoms with Crippen LogP contribution in [-0.2, 0) is 4.79 Å². The van der Waals surface area contributed by atoms with Gasteiger partial charge in [0.1, 0.15) is 0 Å². The highest BCUT2D eigenvalue weighted by molar-refractivity contribution is 7.80. The summed E-state index contributed by atoms with van der Waals surface area (Å²) in [7, 11) is 0. The van der Waals surface area contributed by atoms with Crippen LogP contribution in [0.3, 0.4) is 0 Å². The Kier molecular flexibility index (Phi) is 6.56. The molecular weight excluding hydrogens is 320 g/mol. The summed E-state index contributed by atoms with van der Waals surface area (Å²) in [5.74, 6) is 0.225. The fourth-order valence-electron chi connectivity index (χ4n) is 3.03. The minimum atomic E-state index is 0.00356. The normalized spacial score (nSPS) is 17.0. The Labute approximate surface area is 149 Å². The highest BCUT2D eigenvalue weighted by atomic mass is 32.1. The zero-order valence-corrected chi connectivity index (χ0v) is 15.1. The number of hydrogen-bond donors (Lipinski definition) is 1. The molecule has 5 nitrogen and oxygen atoms in total. The summed E-state index contributed by atoms with van der Waals surface area (Å²) in [5, 5.41) is 12.8. The minimum absolute atomic E-state index is 0.00356. The number of nitriles is 1. The molecule has 1 saturated heterocycles. The second-order valence-electron chi connectivity index (χ2n) is 5.92. The van der Waals surface area contributed by atoms with Crippen molar-refractivity contribution >= 4 is 28.9 Å². The second kappa shape index (κ2) is 8.65. The van der Waals surface area contributed by atoms with Crippen LogP contribution < -0.4 is 5.32 Å². The molecule has 1 aliphatic rings. The average molecular weight is 344 g/mol. The van der Waals surface area contributed by atoms with Crippen LogP contribution in [-0.4, -0.2) is 47.0 Å². The van der Waals surface area contributed by atoms with E-state index >= 15 is 0 Å². The van der Waals surface area contributed by atoms with E-state index in [1.165, 1.54) is 0 Å². The van der Waals surface area contributed by atoms with Crippen LogP contribution >= 0.6 is 12.2 Å². The van der Waals surface area contributed by atoms with Crippen molar-refractivity contribution in [2.24, 2.45) is 5.92 Å². The lowest BCUT2D eigenvalue weighted by molar-refractivity contribution is -0.136. The Morgan fingerprint density at radius 2 is 2.21 bits per heavy atom. The average Bonchev–Trinajstić information content (AvgIpc) is 2.63. The number of hydrogen-bond acceptors (Lipinski definition) is 3. The largest absolute Gasteiger partial charge is 0.348 e. The Hall–Kier alpha value is -2.13. The maximum Gasteiger partial charge on any atom is 0.227 e. The summed E-state index contributed by atoms with van der Waals surface area (Å²) >= 11 is 5.50. The molecule has 1 aromatic rings. The van der Waals surface area contributed by atoms with Gasteiger partial charge in [0.05, 0.1) is 17.6 Å². The number of likely N-dealkylation sites (tertiary alicyclic amines) is 1. The first kappa shape index (κ1) is 18.2. The summed E-state index contributed by atoms with van der Waals surface area (Å²) in [5.41, 5.74) is 1.40. The van der Waals surface area contributed by atoms with Crippen LogP contribution in [0.2, 0.25) is 0 Å². The van der Waals surface area contributed by atoms with Gasteiger partial charge in [-0.3, -0.25) is 4.79 Å². The van der Waals surface area contributed by atoms with Gasteiger partial charge in [0.15, 0.2) is 5.11 Å². The number of thiocarbonyl (C=S) groups is 1. The summed E-state index contributed by atoms with van der Waals surface area (Å²) in [6.07, 6.45) is 1.87. The first-order chi connectivity index (χ1) is 11.6. The van der Waals surface area contributed by atoms with Gasteiger partial charge in [-0.15, -0.1) is 0 Å². The van der Waals surface area contributed by atoms with E-state index in [9.17, 15) is 4.79 Å². The van der Waals surface area contributed by atoms with E-state index in [1.807, 2.05) is 30.9 Å². The molecule has 1 fully saturated rings. The number of piperidine rings is 1. The molecule has 1 atom stereocenters. The molecule has 24 heavy (non-hydrogen) atoms. The van der Waals surface area contributed by atoms with Crippen molar-refractivity contribution < 1.29 is 4.79 Å². The van der Waals surface area contributed by atoms with E-state index in [1.54, 1.807) is 12.1 Å². The van der Waals surface area contributed by atoms with Crippen LogP contribution in [0.15, 0.2) is 24.3 Å². The Bertz CT molecular complexity index is 636. The zero-order chi connectivity index (χ0) is 17.5. The van der Waals surface area contributed by atoms with Crippen LogP contribution in [0.1, 0.15) is 32.3 Å². The minimum Gasteiger partial charge on any atom is -0.348 e. The van der Waals surface area contributed by atoms with E-state index in [2.05, 4.69) is 16.3 Å². The molecule has 1 aromatic carbocycles. The smallest absolute Gasteiger partial charge is 0.227 e. The second-order valence-corrected chi connectivity index (χ2v) is 6.31. The van der Waals surface area contributed by atoms with Crippen molar-refractivity contribution in [2.75, 3.05) is 31.5 Å². The zero-order valence-electron chi connectivity index (χ0n) is 14.3. The van der Waals surface area contributed by atoms with Crippen molar-refractivity contribution in [1.82, 2.24) is 9.80 Å². The van der Waals surface area contributed by atoms with Crippen LogP contribution in [0.25, 0.3) is 0 Å². The molecule has 0 spiro atoms. The molecule has 1 N–H and O–H groups in total. The van der Waals surface area contributed by atoms with Crippen molar-refractivity contribution in [3.05, 3.63) is 29.8 Å². The summed E-state index contributed by atoms with van der Waals surface area (Å²) < 4.78 is 0. The van der Waals surface area contributed by atoms with Crippen LogP contribution in [0.4, 0.5) is 5.69 Å². The van der Waals surface area contributed by atoms with Gasteiger partial charge >= 0.3 is 0 Å². The van der Waals surface area contributed by atoms with Gasteiger partial charge in [0, 0.05) is 31.9 Å². The number of benzene rings is 1. The molecule has 0 bridgehead atoms. The van der Waals surface area contributed by atoms with E-state index in [0.29, 0.717) is 17.2 Å². The Morgan fingerprint density at radius 3 is 2.88 bits per heavy atom. The van der Waals surface area contributed by atoms with Gasteiger partial charge in [-0.05, 0) is 57.1 Å². The fourth-order valence-corrected chi connectivity index (χ4v) is 3.31. The van der Waals surface area contributed by atoms with E-state index < -0.39 is 0 Å². The van der Waals surface area contributed by atoms with Crippen LogP contribution in [0.5, 0.6) is 0 Å². The monoisotopic (exact) mass is 344 g/mol.